The second-order valence-corrected chi connectivity index (χ2v) is 6.24. The lowest BCUT2D eigenvalue weighted by atomic mass is 10.1. The molecule has 0 aliphatic rings. The minimum Gasteiger partial charge on any atom is -0.350 e. The third-order valence-corrected chi connectivity index (χ3v) is 4.74. The maximum Gasteiger partial charge on any atom is 0.252 e. The number of aryl methyl sites for hydroxylation is 1. The maximum atomic E-state index is 12.2. The molecule has 1 aromatic carbocycles. The Morgan fingerprint density at radius 2 is 2.05 bits per heavy atom. The molecule has 0 aliphatic carbocycles. The van der Waals surface area contributed by atoms with Crippen molar-refractivity contribution in [2.75, 3.05) is 0 Å². The fraction of sp³-hybridized carbons (Fsp3) is 0.562. The molecule has 0 aromatic heterocycles. The van der Waals surface area contributed by atoms with Crippen molar-refractivity contribution in [1.82, 2.24) is 5.32 Å². The van der Waals surface area contributed by atoms with E-state index >= 15 is 0 Å². The lowest BCUT2D eigenvalue weighted by molar-refractivity contribution is 0.0937. The van der Waals surface area contributed by atoms with Crippen LogP contribution in [0.1, 0.15) is 61.9 Å². The molecule has 1 N–H and O–H groups in total. The number of benzene rings is 1. The number of amides is 1. The normalized spacial score (nSPS) is 12.2. The van der Waals surface area contributed by atoms with Gasteiger partial charge in [-0.1, -0.05) is 44.7 Å². The molecular formula is C16H24INO. The zero-order valence-corrected chi connectivity index (χ0v) is 14.3. The van der Waals surface area contributed by atoms with Gasteiger partial charge in [0.05, 0.1) is 5.56 Å². The van der Waals surface area contributed by atoms with Gasteiger partial charge in [0.15, 0.2) is 0 Å². The van der Waals surface area contributed by atoms with E-state index in [1.165, 1.54) is 25.7 Å². The molecule has 106 valence electrons. The number of hydrogen-bond acceptors (Lipinski definition) is 1. The first-order valence-corrected chi connectivity index (χ1v) is 8.20. The van der Waals surface area contributed by atoms with Gasteiger partial charge in [-0.3, -0.25) is 4.79 Å². The highest BCUT2D eigenvalue weighted by Gasteiger charge is 2.13. The van der Waals surface area contributed by atoms with Crippen LogP contribution in [0, 0.1) is 10.5 Å². The molecule has 0 heterocycles. The number of carbonyl (C=O) groups excluding carboxylic acids is 1. The zero-order chi connectivity index (χ0) is 14.3. The summed E-state index contributed by atoms with van der Waals surface area (Å²) in [5.74, 6) is 0.0519. The predicted octanol–water partition coefficient (Wildman–Crippen LogP) is 4.69. The van der Waals surface area contributed by atoms with Gasteiger partial charge in [0.1, 0.15) is 0 Å². The lowest BCUT2D eigenvalue weighted by Gasteiger charge is -2.15. The Balaban J connectivity index is 2.48. The number of nitrogens with one attached hydrogen (secondary N) is 1. The fourth-order valence-electron chi connectivity index (χ4n) is 2.07. The van der Waals surface area contributed by atoms with E-state index < -0.39 is 0 Å². The van der Waals surface area contributed by atoms with Gasteiger partial charge in [0, 0.05) is 9.61 Å². The Labute approximate surface area is 130 Å². The summed E-state index contributed by atoms with van der Waals surface area (Å²) >= 11 is 2.25. The highest BCUT2D eigenvalue weighted by atomic mass is 127. The van der Waals surface area contributed by atoms with E-state index in [-0.39, 0.29) is 11.9 Å². The third-order valence-electron chi connectivity index (χ3n) is 3.30. The quantitative estimate of drug-likeness (QED) is 0.545. The van der Waals surface area contributed by atoms with Gasteiger partial charge in [-0.25, -0.2) is 0 Å². The Morgan fingerprint density at radius 3 is 2.74 bits per heavy atom. The first-order chi connectivity index (χ1) is 9.06. The Kier molecular flexibility index (Phi) is 7.42. The van der Waals surface area contributed by atoms with Crippen molar-refractivity contribution in [1.29, 1.82) is 0 Å². The molecule has 3 heteroatoms. The summed E-state index contributed by atoms with van der Waals surface area (Å²) in [4.78, 5) is 12.2. The molecule has 1 rings (SSSR count). The minimum atomic E-state index is 0.0519. The van der Waals surface area contributed by atoms with Crippen LogP contribution in [-0.4, -0.2) is 11.9 Å². The Morgan fingerprint density at radius 1 is 1.32 bits per heavy atom. The summed E-state index contributed by atoms with van der Waals surface area (Å²) in [6.07, 6.45) is 6.06. The number of halogens is 1. The van der Waals surface area contributed by atoms with E-state index in [0.29, 0.717) is 0 Å². The van der Waals surface area contributed by atoms with Crippen LogP contribution in [0.15, 0.2) is 18.2 Å². The molecule has 0 spiro atoms. The smallest absolute Gasteiger partial charge is 0.252 e. The highest BCUT2D eigenvalue weighted by Crippen LogP contribution is 2.17. The van der Waals surface area contributed by atoms with Crippen LogP contribution >= 0.6 is 22.6 Å². The van der Waals surface area contributed by atoms with Crippen molar-refractivity contribution in [3.63, 3.8) is 0 Å². The SMILES string of the molecule is CCCCCCC(C)NC(=O)c1cccc(C)c1I. The molecule has 0 saturated carbocycles. The van der Waals surface area contributed by atoms with Crippen molar-refractivity contribution in [2.24, 2.45) is 0 Å². The highest BCUT2D eigenvalue weighted by molar-refractivity contribution is 14.1. The molecule has 1 aromatic rings. The summed E-state index contributed by atoms with van der Waals surface area (Å²) in [5, 5.41) is 3.10. The van der Waals surface area contributed by atoms with E-state index in [1.54, 1.807) is 0 Å². The number of rotatable bonds is 7. The van der Waals surface area contributed by atoms with Crippen molar-refractivity contribution in [3.8, 4) is 0 Å². The average molecular weight is 373 g/mol. The first-order valence-electron chi connectivity index (χ1n) is 7.12. The van der Waals surface area contributed by atoms with E-state index in [1.807, 2.05) is 25.1 Å². The molecule has 1 unspecified atom stereocenters. The van der Waals surface area contributed by atoms with Crippen molar-refractivity contribution >= 4 is 28.5 Å². The molecule has 0 radical (unpaired) electrons. The summed E-state index contributed by atoms with van der Waals surface area (Å²) in [6, 6.07) is 6.12. The summed E-state index contributed by atoms with van der Waals surface area (Å²) in [5.41, 5.74) is 1.95. The van der Waals surface area contributed by atoms with Gasteiger partial charge in [0.2, 0.25) is 0 Å². The van der Waals surface area contributed by atoms with E-state index in [9.17, 15) is 4.79 Å². The average Bonchev–Trinajstić information content (AvgIpc) is 2.38. The van der Waals surface area contributed by atoms with Gasteiger partial charge in [-0.15, -0.1) is 0 Å². The molecular weight excluding hydrogens is 349 g/mol. The number of hydrogen-bond donors (Lipinski definition) is 1. The van der Waals surface area contributed by atoms with Crippen LogP contribution in [-0.2, 0) is 0 Å². The lowest BCUT2D eigenvalue weighted by Crippen LogP contribution is -2.33. The van der Waals surface area contributed by atoms with Crippen LogP contribution in [0.25, 0.3) is 0 Å². The summed E-state index contributed by atoms with van der Waals surface area (Å²) in [7, 11) is 0. The van der Waals surface area contributed by atoms with Crippen LogP contribution in [0.5, 0.6) is 0 Å². The van der Waals surface area contributed by atoms with Gasteiger partial charge in [-0.2, -0.15) is 0 Å². The van der Waals surface area contributed by atoms with Crippen molar-refractivity contribution in [2.45, 2.75) is 58.9 Å². The number of carbonyl (C=O) groups is 1. The van der Waals surface area contributed by atoms with Crippen LogP contribution in [0.3, 0.4) is 0 Å². The van der Waals surface area contributed by atoms with Gasteiger partial charge < -0.3 is 5.32 Å². The molecule has 1 amide bonds. The molecule has 0 saturated heterocycles. The maximum absolute atomic E-state index is 12.2. The Bertz CT molecular complexity index is 417. The monoisotopic (exact) mass is 373 g/mol. The van der Waals surface area contributed by atoms with Gasteiger partial charge in [-0.05, 0) is 54.5 Å². The van der Waals surface area contributed by atoms with E-state index in [0.717, 1.165) is 21.1 Å². The Hall–Kier alpha value is -0.580. The fourth-order valence-corrected chi connectivity index (χ4v) is 2.68. The summed E-state index contributed by atoms with van der Waals surface area (Å²) < 4.78 is 1.05. The second-order valence-electron chi connectivity index (χ2n) is 5.16. The van der Waals surface area contributed by atoms with Crippen molar-refractivity contribution < 1.29 is 4.79 Å². The summed E-state index contributed by atoms with van der Waals surface area (Å²) in [6.45, 7) is 6.34. The molecule has 19 heavy (non-hydrogen) atoms. The molecule has 0 fully saturated rings. The van der Waals surface area contributed by atoms with Crippen LogP contribution in [0.2, 0.25) is 0 Å². The second kappa shape index (κ2) is 8.56. The zero-order valence-electron chi connectivity index (χ0n) is 12.1. The largest absolute Gasteiger partial charge is 0.350 e. The van der Waals surface area contributed by atoms with Crippen LogP contribution in [0.4, 0.5) is 0 Å². The number of unbranched alkanes of at least 4 members (excludes halogenated alkanes) is 3. The van der Waals surface area contributed by atoms with Gasteiger partial charge in [0.25, 0.3) is 5.91 Å². The molecule has 0 bridgehead atoms. The third kappa shape index (κ3) is 5.51. The van der Waals surface area contributed by atoms with Gasteiger partial charge >= 0.3 is 0 Å². The topological polar surface area (TPSA) is 29.1 Å². The van der Waals surface area contributed by atoms with Crippen LogP contribution < -0.4 is 5.32 Å². The molecule has 1 atom stereocenters. The molecule has 2 nitrogen and oxygen atoms in total. The first kappa shape index (κ1) is 16.5. The van der Waals surface area contributed by atoms with E-state index in [4.69, 9.17) is 0 Å². The van der Waals surface area contributed by atoms with E-state index in [2.05, 4.69) is 41.8 Å². The van der Waals surface area contributed by atoms with Crippen molar-refractivity contribution in [3.05, 3.63) is 32.9 Å². The predicted molar refractivity (Wildman–Crippen MR) is 89.6 cm³/mol. The minimum absolute atomic E-state index is 0.0519. The molecule has 0 aliphatic heterocycles. The standard InChI is InChI=1S/C16H24INO/c1-4-5-6-7-10-13(3)18-16(19)14-11-8-9-12(2)15(14)17/h8-9,11,13H,4-7,10H2,1-3H3,(H,18,19).